The lowest BCUT2D eigenvalue weighted by Crippen LogP contribution is -2.64. The molecule has 92 valence electrons. The Labute approximate surface area is 99.4 Å². The molecule has 1 unspecified atom stereocenters. The number of aliphatic carboxylic acids is 1. The summed E-state index contributed by atoms with van der Waals surface area (Å²) in [6.45, 7) is 0. The standard InChI is InChI=1S/C11H18O4S/c1-15-8-5-10(6-8,9(12)13)11(14)3-2-4-16-7-11/h8,14H,2-7H2,1H3,(H,12,13). The van der Waals surface area contributed by atoms with Crippen LogP contribution in [0.1, 0.15) is 25.7 Å². The van der Waals surface area contributed by atoms with Crippen molar-refractivity contribution in [3.05, 3.63) is 0 Å². The fraction of sp³-hybridized carbons (Fsp3) is 0.909. The molecule has 1 heterocycles. The highest BCUT2D eigenvalue weighted by Gasteiger charge is 2.63. The van der Waals surface area contributed by atoms with Gasteiger partial charge in [-0.15, -0.1) is 0 Å². The zero-order valence-corrected chi connectivity index (χ0v) is 10.3. The quantitative estimate of drug-likeness (QED) is 0.781. The molecule has 0 bridgehead atoms. The second kappa shape index (κ2) is 4.20. The van der Waals surface area contributed by atoms with Crippen molar-refractivity contribution in [2.75, 3.05) is 18.6 Å². The van der Waals surface area contributed by atoms with Crippen LogP contribution in [-0.2, 0) is 9.53 Å². The summed E-state index contributed by atoms with van der Waals surface area (Å²) in [6, 6.07) is 0. The molecule has 1 atom stereocenters. The van der Waals surface area contributed by atoms with E-state index in [9.17, 15) is 15.0 Å². The minimum atomic E-state index is -1.04. The van der Waals surface area contributed by atoms with Crippen LogP contribution in [-0.4, -0.2) is 46.5 Å². The summed E-state index contributed by atoms with van der Waals surface area (Å²) in [5.74, 6) is 0.687. The Bertz CT molecular complexity index is 280. The van der Waals surface area contributed by atoms with Crippen LogP contribution >= 0.6 is 11.8 Å². The van der Waals surface area contributed by atoms with Gasteiger partial charge in [-0.25, -0.2) is 0 Å². The van der Waals surface area contributed by atoms with Gasteiger partial charge >= 0.3 is 5.97 Å². The zero-order chi connectivity index (χ0) is 11.8. The minimum absolute atomic E-state index is 0.00736. The van der Waals surface area contributed by atoms with Crippen LogP contribution in [0.25, 0.3) is 0 Å². The second-order valence-electron chi connectivity index (χ2n) is 4.84. The first-order valence-electron chi connectivity index (χ1n) is 5.60. The largest absolute Gasteiger partial charge is 0.481 e. The topological polar surface area (TPSA) is 66.8 Å². The molecule has 0 aromatic carbocycles. The fourth-order valence-electron chi connectivity index (χ4n) is 2.80. The van der Waals surface area contributed by atoms with Gasteiger partial charge < -0.3 is 14.9 Å². The van der Waals surface area contributed by atoms with E-state index in [-0.39, 0.29) is 6.10 Å². The SMILES string of the molecule is COC1CC(C(=O)O)(C2(O)CCCSC2)C1. The van der Waals surface area contributed by atoms with Crippen molar-refractivity contribution in [2.45, 2.75) is 37.4 Å². The Balaban J connectivity index is 2.17. The summed E-state index contributed by atoms with van der Waals surface area (Å²) in [6.07, 6.45) is 2.37. The molecule has 0 aromatic rings. The molecule has 2 rings (SSSR count). The lowest BCUT2D eigenvalue weighted by atomic mass is 9.56. The number of ether oxygens (including phenoxy) is 1. The molecule has 1 aliphatic carbocycles. The van der Waals surface area contributed by atoms with Gasteiger partial charge in [0.05, 0.1) is 11.7 Å². The fourth-order valence-corrected chi connectivity index (χ4v) is 4.05. The lowest BCUT2D eigenvalue weighted by molar-refractivity contribution is -0.203. The molecule has 0 amide bonds. The van der Waals surface area contributed by atoms with E-state index < -0.39 is 17.0 Å². The van der Waals surface area contributed by atoms with Crippen LogP contribution in [0.15, 0.2) is 0 Å². The van der Waals surface area contributed by atoms with Crippen LogP contribution in [0.4, 0.5) is 0 Å². The van der Waals surface area contributed by atoms with Crippen molar-refractivity contribution in [3.63, 3.8) is 0 Å². The van der Waals surface area contributed by atoms with Gasteiger partial charge in [-0.05, 0) is 31.4 Å². The van der Waals surface area contributed by atoms with E-state index in [1.165, 1.54) is 0 Å². The summed E-state index contributed by atoms with van der Waals surface area (Å²) in [5.41, 5.74) is -2.02. The Morgan fingerprint density at radius 2 is 2.19 bits per heavy atom. The van der Waals surface area contributed by atoms with Gasteiger partial charge in [0, 0.05) is 12.9 Å². The number of carboxylic acids is 1. The minimum Gasteiger partial charge on any atom is -0.481 e. The van der Waals surface area contributed by atoms with E-state index in [1.54, 1.807) is 18.9 Å². The average molecular weight is 246 g/mol. The van der Waals surface area contributed by atoms with Gasteiger partial charge in [0.2, 0.25) is 0 Å². The molecule has 1 saturated carbocycles. The summed E-state index contributed by atoms with van der Waals surface area (Å²) < 4.78 is 5.15. The Kier molecular flexibility index (Phi) is 3.20. The number of methoxy groups -OCH3 is 1. The predicted octanol–water partition coefficient (Wildman–Crippen LogP) is 1.12. The van der Waals surface area contributed by atoms with E-state index in [0.29, 0.717) is 25.0 Å². The highest BCUT2D eigenvalue weighted by Crippen LogP contribution is 2.54. The molecular formula is C11H18O4S. The van der Waals surface area contributed by atoms with Crippen LogP contribution in [0, 0.1) is 5.41 Å². The van der Waals surface area contributed by atoms with Crippen LogP contribution < -0.4 is 0 Å². The van der Waals surface area contributed by atoms with E-state index in [0.717, 1.165) is 12.2 Å². The molecule has 2 fully saturated rings. The first-order chi connectivity index (χ1) is 7.54. The van der Waals surface area contributed by atoms with E-state index in [1.807, 2.05) is 0 Å². The Hall–Kier alpha value is -0.260. The van der Waals surface area contributed by atoms with E-state index in [2.05, 4.69) is 0 Å². The first kappa shape index (κ1) is 12.2. The lowest BCUT2D eigenvalue weighted by Gasteiger charge is -2.54. The van der Waals surface area contributed by atoms with Gasteiger partial charge in [0.15, 0.2) is 0 Å². The first-order valence-corrected chi connectivity index (χ1v) is 6.76. The van der Waals surface area contributed by atoms with Gasteiger partial charge in [0.25, 0.3) is 0 Å². The zero-order valence-electron chi connectivity index (χ0n) is 9.44. The van der Waals surface area contributed by atoms with Gasteiger partial charge in [0.1, 0.15) is 5.41 Å². The Morgan fingerprint density at radius 3 is 2.62 bits per heavy atom. The van der Waals surface area contributed by atoms with E-state index >= 15 is 0 Å². The van der Waals surface area contributed by atoms with Crippen molar-refractivity contribution < 1.29 is 19.7 Å². The van der Waals surface area contributed by atoms with E-state index in [4.69, 9.17) is 4.74 Å². The van der Waals surface area contributed by atoms with Crippen molar-refractivity contribution in [3.8, 4) is 0 Å². The summed E-state index contributed by atoms with van der Waals surface area (Å²) in [7, 11) is 1.59. The highest BCUT2D eigenvalue weighted by atomic mass is 32.2. The molecule has 4 nitrogen and oxygen atoms in total. The van der Waals surface area contributed by atoms with Crippen LogP contribution in [0.5, 0.6) is 0 Å². The third-order valence-electron chi connectivity index (χ3n) is 4.01. The van der Waals surface area contributed by atoms with Crippen LogP contribution in [0.3, 0.4) is 0 Å². The van der Waals surface area contributed by atoms with Crippen molar-refractivity contribution in [1.29, 1.82) is 0 Å². The van der Waals surface area contributed by atoms with Crippen molar-refractivity contribution >= 4 is 17.7 Å². The molecular weight excluding hydrogens is 228 g/mol. The molecule has 0 spiro atoms. The normalized spacial score (nSPS) is 43.8. The molecule has 2 aliphatic rings. The van der Waals surface area contributed by atoms with Crippen LogP contribution in [0.2, 0.25) is 0 Å². The number of carboxylic acid groups (broad SMARTS) is 1. The molecule has 0 aromatic heterocycles. The molecule has 1 saturated heterocycles. The molecule has 0 radical (unpaired) electrons. The average Bonchev–Trinajstić information content (AvgIpc) is 2.16. The monoisotopic (exact) mass is 246 g/mol. The number of aliphatic hydroxyl groups is 1. The predicted molar refractivity (Wildman–Crippen MR) is 61.6 cm³/mol. The van der Waals surface area contributed by atoms with Gasteiger partial charge in [-0.1, -0.05) is 0 Å². The third-order valence-corrected chi connectivity index (χ3v) is 5.26. The van der Waals surface area contributed by atoms with Gasteiger partial charge in [-0.2, -0.15) is 11.8 Å². The summed E-state index contributed by atoms with van der Waals surface area (Å²) in [4.78, 5) is 11.4. The molecule has 1 aliphatic heterocycles. The molecule has 2 N–H and O–H groups in total. The maximum Gasteiger partial charge on any atom is 0.312 e. The molecule has 5 heteroatoms. The van der Waals surface area contributed by atoms with Gasteiger partial charge in [-0.3, -0.25) is 4.79 Å². The Morgan fingerprint density at radius 1 is 1.50 bits per heavy atom. The number of hydrogen-bond acceptors (Lipinski definition) is 4. The second-order valence-corrected chi connectivity index (χ2v) is 5.95. The molecule has 16 heavy (non-hydrogen) atoms. The smallest absolute Gasteiger partial charge is 0.312 e. The maximum absolute atomic E-state index is 11.4. The number of thioether (sulfide) groups is 1. The summed E-state index contributed by atoms with van der Waals surface area (Å²) >= 11 is 1.65. The van der Waals surface area contributed by atoms with Crippen molar-refractivity contribution in [2.24, 2.45) is 5.41 Å². The number of hydrogen-bond donors (Lipinski definition) is 2. The third kappa shape index (κ3) is 1.65. The maximum atomic E-state index is 11.4. The number of rotatable bonds is 3. The summed E-state index contributed by atoms with van der Waals surface area (Å²) in [5, 5.41) is 20.0. The highest BCUT2D eigenvalue weighted by molar-refractivity contribution is 7.99. The number of carbonyl (C=O) groups is 1. The van der Waals surface area contributed by atoms with Crippen molar-refractivity contribution in [1.82, 2.24) is 0 Å².